The van der Waals surface area contributed by atoms with Crippen LogP contribution in [0.3, 0.4) is 0 Å². The Hall–Kier alpha value is -4.79. The van der Waals surface area contributed by atoms with E-state index in [0.29, 0.717) is 18.7 Å². The van der Waals surface area contributed by atoms with E-state index >= 15 is 0 Å². The summed E-state index contributed by atoms with van der Waals surface area (Å²) in [7, 11) is -2.15. The Morgan fingerprint density at radius 3 is 2.28 bits per heavy atom. The molecule has 1 fully saturated rings. The molecule has 13 nitrogen and oxygen atoms in total. The number of aliphatic hydroxyl groups is 1. The lowest BCUT2D eigenvalue weighted by atomic mass is 9.84. The van der Waals surface area contributed by atoms with Crippen molar-refractivity contribution in [2.24, 2.45) is 23.5 Å². The summed E-state index contributed by atoms with van der Waals surface area (Å²) in [5.41, 5.74) is 2.48. The lowest BCUT2D eigenvalue weighted by molar-refractivity contribution is -0.130. The van der Waals surface area contributed by atoms with Crippen molar-refractivity contribution in [3.63, 3.8) is 0 Å². The fraction of sp³-hybridized carbons (Fsp3) is 0.436. The van der Waals surface area contributed by atoms with E-state index in [9.17, 15) is 23.1 Å². The highest BCUT2D eigenvalue weighted by Gasteiger charge is 2.44. The molecule has 0 saturated carbocycles. The molecule has 0 spiro atoms. The number of amides is 3. The van der Waals surface area contributed by atoms with Gasteiger partial charge in [-0.25, -0.2) is 18.2 Å². The first kappa shape index (κ1) is 39.4. The molecule has 1 aliphatic rings. The van der Waals surface area contributed by atoms with E-state index in [1.54, 1.807) is 9.80 Å². The standard InChI is InChI=1S/C39H51N7O6S/c1-27(2)24-45(53(51,52)30-18-16-29(17-19-30)23-40-50)25-34(47)32(22-28-12-8-7-9-13-28)42-37(48)36(39(3,4)5)46-21-20-44(38(46)49)26-35-41-31-14-10-11-15-33(31)43(35)6/h7-19,23,27,32,34,36,47,50H,20-22,24-26H2,1-6H3,(H,42,48)/b40-23+/t32-,34+,36+/m0/s1. The molecule has 3 N–H and O–H groups in total. The Labute approximate surface area is 312 Å². The number of nitrogens with zero attached hydrogens (tertiary/aromatic N) is 6. The Kier molecular flexibility index (Phi) is 12.3. The first-order chi connectivity index (χ1) is 25.1. The Morgan fingerprint density at radius 2 is 1.66 bits per heavy atom. The highest BCUT2D eigenvalue weighted by Crippen LogP contribution is 2.29. The maximum Gasteiger partial charge on any atom is 0.321 e. The van der Waals surface area contributed by atoms with Crippen molar-refractivity contribution in [2.45, 2.75) is 70.7 Å². The number of carbonyl (C=O) groups excluding carboxylic acids is 2. The van der Waals surface area contributed by atoms with Gasteiger partial charge in [0.1, 0.15) is 11.9 Å². The first-order valence-corrected chi connectivity index (χ1v) is 19.3. The molecule has 3 atom stereocenters. The average molecular weight is 746 g/mol. The van der Waals surface area contributed by atoms with Gasteiger partial charge in [-0.1, -0.05) is 94.4 Å². The van der Waals surface area contributed by atoms with Crippen LogP contribution in [-0.2, 0) is 34.8 Å². The van der Waals surface area contributed by atoms with E-state index in [1.165, 1.54) is 34.8 Å². The highest BCUT2D eigenvalue weighted by atomic mass is 32.2. The molecular weight excluding hydrogens is 695 g/mol. The second-order valence-corrected chi connectivity index (χ2v) is 17.1. The maximum absolute atomic E-state index is 14.4. The molecule has 3 aromatic carbocycles. The van der Waals surface area contributed by atoms with Gasteiger partial charge in [-0.2, -0.15) is 4.31 Å². The summed E-state index contributed by atoms with van der Waals surface area (Å²) in [6.45, 7) is 10.3. The fourth-order valence-electron chi connectivity index (χ4n) is 6.87. The molecule has 1 saturated heterocycles. The number of hydrogen-bond acceptors (Lipinski definition) is 8. The lowest BCUT2D eigenvalue weighted by Gasteiger charge is -2.38. The number of oxime groups is 1. The van der Waals surface area contributed by atoms with Gasteiger partial charge < -0.3 is 30.0 Å². The number of nitrogens with one attached hydrogen (secondary N) is 1. The molecule has 1 aliphatic heterocycles. The molecule has 4 aromatic rings. The van der Waals surface area contributed by atoms with Crippen LogP contribution in [0.5, 0.6) is 0 Å². The molecule has 53 heavy (non-hydrogen) atoms. The quantitative estimate of drug-likeness (QED) is 0.0920. The summed E-state index contributed by atoms with van der Waals surface area (Å²) in [5.74, 6) is 0.230. The highest BCUT2D eigenvalue weighted by molar-refractivity contribution is 7.89. The number of carbonyl (C=O) groups is 2. The number of aromatic nitrogens is 2. The molecule has 5 rings (SSSR count). The Balaban J connectivity index is 1.39. The second kappa shape index (κ2) is 16.5. The third-order valence-corrected chi connectivity index (χ3v) is 11.3. The number of aliphatic hydroxyl groups excluding tert-OH is 1. The number of hydrogen-bond donors (Lipinski definition) is 3. The van der Waals surface area contributed by atoms with Crippen LogP contribution in [0.4, 0.5) is 4.79 Å². The lowest BCUT2D eigenvalue weighted by Crippen LogP contribution is -2.59. The first-order valence-electron chi connectivity index (χ1n) is 17.9. The topological polar surface area (TPSA) is 161 Å². The zero-order chi connectivity index (χ0) is 38.5. The molecule has 0 aliphatic carbocycles. The third kappa shape index (κ3) is 9.24. The van der Waals surface area contributed by atoms with Crippen LogP contribution >= 0.6 is 0 Å². The van der Waals surface area contributed by atoms with E-state index in [2.05, 4.69) is 10.5 Å². The van der Waals surface area contributed by atoms with Crippen molar-refractivity contribution in [1.82, 2.24) is 29.0 Å². The monoisotopic (exact) mass is 745 g/mol. The molecule has 1 aromatic heterocycles. The molecule has 0 unspecified atom stereocenters. The number of fused-ring (bicyclic) bond motifs is 1. The summed E-state index contributed by atoms with van der Waals surface area (Å²) in [6, 6.07) is 21.0. The predicted octanol–water partition coefficient (Wildman–Crippen LogP) is 4.47. The van der Waals surface area contributed by atoms with Gasteiger partial charge in [0.25, 0.3) is 0 Å². The maximum atomic E-state index is 14.4. The normalized spacial score (nSPS) is 15.9. The number of para-hydroxylation sites is 2. The van der Waals surface area contributed by atoms with Crippen LogP contribution in [0.15, 0.2) is 88.9 Å². The van der Waals surface area contributed by atoms with E-state index in [1.807, 2.05) is 101 Å². The molecule has 0 radical (unpaired) electrons. The molecule has 3 amide bonds. The molecule has 284 valence electrons. The van der Waals surface area contributed by atoms with E-state index < -0.39 is 39.5 Å². The van der Waals surface area contributed by atoms with Crippen molar-refractivity contribution in [2.75, 3.05) is 26.2 Å². The van der Waals surface area contributed by atoms with Crippen LogP contribution in [0.1, 0.15) is 51.6 Å². The van der Waals surface area contributed by atoms with Gasteiger partial charge in [0.15, 0.2) is 0 Å². The van der Waals surface area contributed by atoms with Gasteiger partial charge in [0, 0.05) is 33.2 Å². The van der Waals surface area contributed by atoms with E-state index in [-0.39, 0.29) is 42.9 Å². The predicted molar refractivity (Wildman–Crippen MR) is 204 cm³/mol. The van der Waals surface area contributed by atoms with Crippen LogP contribution in [-0.4, -0.2) is 105 Å². The zero-order valence-corrected chi connectivity index (χ0v) is 32.1. The zero-order valence-electron chi connectivity index (χ0n) is 31.3. The molecular formula is C39H51N7O6S. The summed E-state index contributed by atoms with van der Waals surface area (Å²) >= 11 is 0. The molecule has 2 heterocycles. The van der Waals surface area contributed by atoms with E-state index in [4.69, 9.17) is 10.2 Å². The fourth-order valence-corrected chi connectivity index (χ4v) is 8.49. The van der Waals surface area contributed by atoms with Gasteiger partial charge in [-0.05, 0) is 53.1 Å². The number of sulfonamides is 1. The minimum Gasteiger partial charge on any atom is -0.411 e. The van der Waals surface area contributed by atoms with Gasteiger partial charge in [-0.15, -0.1) is 0 Å². The minimum atomic E-state index is -4.07. The summed E-state index contributed by atoms with van der Waals surface area (Å²) in [4.78, 5) is 36.4. The van der Waals surface area contributed by atoms with E-state index in [0.717, 1.165) is 22.4 Å². The number of benzene rings is 3. The largest absolute Gasteiger partial charge is 0.411 e. The number of rotatable bonds is 15. The van der Waals surface area contributed by atoms with Gasteiger partial charge in [0.05, 0.1) is 40.8 Å². The number of imidazole rings is 1. The molecule has 14 heteroatoms. The van der Waals surface area contributed by atoms with Crippen molar-refractivity contribution in [3.8, 4) is 0 Å². The van der Waals surface area contributed by atoms with Crippen molar-refractivity contribution >= 4 is 39.2 Å². The van der Waals surface area contributed by atoms with Crippen LogP contribution in [0, 0.1) is 11.3 Å². The van der Waals surface area contributed by atoms with Crippen molar-refractivity contribution in [3.05, 3.63) is 95.8 Å². The SMILES string of the molecule is CC(C)CN(C[C@@H](O)[C@H](Cc1ccccc1)NC(=O)[C@@H](N1CCN(Cc2nc3ccccc3n2C)C1=O)C(C)(C)C)S(=O)(=O)c1ccc(/C=N/O)cc1. The van der Waals surface area contributed by atoms with Crippen LogP contribution in [0.2, 0.25) is 0 Å². The van der Waals surface area contributed by atoms with Gasteiger partial charge in [-0.3, -0.25) is 4.79 Å². The minimum absolute atomic E-state index is 0.0209. The Morgan fingerprint density at radius 1 is 1.00 bits per heavy atom. The van der Waals surface area contributed by atoms with Crippen LogP contribution < -0.4 is 5.32 Å². The third-order valence-electron chi connectivity index (χ3n) is 9.49. The Bertz CT molecular complexity index is 2010. The van der Waals surface area contributed by atoms with Gasteiger partial charge in [0.2, 0.25) is 15.9 Å². The van der Waals surface area contributed by atoms with Crippen molar-refractivity contribution in [1.29, 1.82) is 0 Å². The second-order valence-electron chi connectivity index (χ2n) is 15.1. The molecule has 0 bridgehead atoms. The smallest absolute Gasteiger partial charge is 0.321 e. The van der Waals surface area contributed by atoms with Crippen molar-refractivity contribution < 1.29 is 28.3 Å². The summed E-state index contributed by atoms with van der Waals surface area (Å²) in [5, 5.41) is 26.8. The van der Waals surface area contributed by atoms with Crippen LogP contribution in [0.25, 0.3) is 11.0 Å². The average Bonchev–Trinajstić information content (AvgIpc) is 3.62. The number of urea groups is 1. The summed E-state index contributed by atoms with van der Waals surface area (Å²) in [6.07, 6.45) is 0.114. The number of aryl methyl sites for hydroxylation is 1. The van der Waals surface area contributed by atoms with Gasteiger partial charge >= 0.3 is 6.03 Å². The summed E-state index contributed by atoms with van der Waals surface area (Å²) < 4.78 is 31.1.